The van der Waals surface area contributed by atoms with Gasteiger partial charge in [-0.3, -0.25) is 4.79 Å². The molecule has 5 nitrogen and oxygen atoms in total. The maximum absolute atomic E-state index is 12.0. The maximum atomic E-state index is 12.0. The summed E-state index contributed by atoms with van der Waals surface area (Å²) in [6.45, 7) is 1.42. The number of rotatable bonds is 5. The van der Waals surface area contributed by atoms with Crippen molar-refractivity contribution in [1.82, 2.24) is 14.5 Å². The van der Waals surface area contributed by atoms with Crippen molar-refractivity contribution in [1.29, 1.82) is 0 Å². The molecule has 18 heavy (non-hydrogen) atoms. The fourth-order valence-electron chi connectivity index (χ4n) is 2.07. The van der Waals surface area contributed by atoms with E-state index in [9.17, 15) is 4.79 Å². The number of ether oxygens (including phenoxy) is 1. The maximum Gasteiger partial charge on any atom is 0.224 e. The molecule has 0 spiro atoms. The van der Waals surface area contributed by atoms with E-state index >= 15 is 0 Å². The monoisotopic (exact) mass is 269 g/mol. The lowest BCUT2D eigenvalue weighted by Crippen LogP contribution is -2.39. The average molecular weight is 269 g/mol. The van der Waals surface area contributed by atoms with Gasteiger partial charge in [-0.25, -0.2) is 4.98 Å². The van der Waals surface area contributed by atoms with Crippen LogP contribution in [-0.2, 0) is 16.6 Å². The van der Waals surface area contributed by atoms with Gasteiger partial charge in [0.1, 0.15) is 11.2 Å². The minimum absolute atomic E-state index is 0.0445. The molecule has 1 aliphatic heterocycles. The van der Waals surface area contributed by atoms with Crippen LogP contribution in [0.2, 0.25) is 0 Å². The zero-order valence-electron chi connectivity index (χ0n) is 10.8. The molecular weight excluding hydrogens is 250 g/mol. The molecule has 6 heteroatoms. The third kappa shape index (κ3) is 2.87. The molecule has 1 atom stereocenters. The molecule has 2 heterocycles. The summed E-state index contributed by atoms with van der Waals surface area (Å²) in [4.78, 5) is 18.3. The molecule has 1 aromatic rings. The molecule has 1 aromatic heterocycles. The number of thioether (sulfide) groups is 1. The van der Waals surface area contributed by atoms with E-state index < -0.39 is 0 Å². The highest BCUT2D eigenvalue weighted by Crippen LogP contribution is 2.36. The van der Waals surface area contributed by atoms with Crippen LogP contribution in [0.5, 0.6) is 0 Å². The minimum atomic E-state index is 0.0445. The lowest BCUT2D eigenvalue weighted by molar-refractivity contribution is -0.132. The molecule has 1 unspecified atom stereocenters. The van der Waals surface area contributed by atoms with Crippen LogP contribution in [0.4, 0.5) is 0 Å². The molecule has 0 radical (unpaired) electrons. The van der Waals surface area contributed by atoms with Crippen LogP contribution in [0, 0.1) is 0 Å². The van der Waals surface area contributed by atoms with E-state index in [0.29, 0.717) is 13.0 Å². The summed E-state index contributed by atoms with van der Waals surface area (Å²) in [5.41, 5.74) is 0. The fourth-order valence-corrected chi connectivity index (χ4v) is 3.37. The Labute approximate surface area is 112 Å². The van der Waals surface area contributed by atoms with Gasteiger partial charge in [-0.15, -0.1) is 11.8 Å². The summed E-state index contributed by atoms with van der Waals surface area (Å²) in [5, 5.41) is 0.0445. The van der Waals surface area contributed by atoms with E-state index in [1.165, 1.54) is 0 Å². The van der Waals surface area contributed by atoms with Gasteiger partial charge in [-0.2, -0.15) is 0 Å². The quantitative estimate of drug-likeness (QED) is 0.759. The Morgan fingerprint density at radius 2 is 2.44 bits per heavy atom. The third-order valence-electron chi connectivity index (χ3n) is 3.02. The van der Waals surface area contributed by atoms with Gasteiger partial charge in [0.2, 0.25) is 5.91 Å². The number of hydrogen-bond donors (Lipinski definition) is 0. The van der Waals surface area contributed by atoms with Crippen LogP contribution in [0.25, 0.3) is 0 Å². The number of imidazole rings is 1. The Kier molecular flexibility index (Phi) is 4.66. The Balaban J connectivity index is 2.10. The lowest BCUT2D eigenvalue weighted by atomic mass is 10.3. The number of aromatic nitrogens is 2. The molecule has 1 amide bonds. The second-order valence-corrected chi connectivity index (χ2v) is 5.49. The van der Waals surface area contributed by atoms with Gasteiger partial charge in [-0.1, -0.05) is 0 Å². The van der Waals surface area contributed by atoms with Crippen molar-refractivity contribution in [2.75, 3.05) is 26.0 Å². The summed E-state index contributed by atoms with van der Waals surface area (Å²) in [5.74, 6) is 2.04. The lowest BCUT2D eigenvalue weighted by Gasteiger charge is -2.34. The highest BCUT2D eigenvalue weighted by atomic mass is 32.2. The van der Waals surface area contributed by atoms with Crippen molar-refractivity contribution in [3.8, 4) is 0 Å². The van der Waals surface area contributed by atoms with Gasteiger partial charge in [0.15, 0.2) is 0 Å². The number of carbonyl (C=O) groups excluding carboxylic acids is 1. The second-order valence-electron chi connectivity index (χ2n) is 4.30. The zero-order valence-corrected chi connectivity index (χ0v) is 11.7. The summed E-state index contributed by atoms with van der Waals surface area (Å²) in [6.07, 6.45) is 5.19. The SMILES string of the molecule is COCCCN1C(=O)CCSC1c1nccn1C. The molecule has 0 saturated carbocycles. The van der Waals surface area contributed by atoms with Crippen LogP contribution < -0.4 is 0 Å². The van der Waals surface area contributed by atoms with E-state index in [4.69, 9.17) is 4.74 Å². The van der Waals surface area contributed by atoms with Crippen LogP contribution in [-0.4, -0.2) is 46.4 Å². The molecule has 1 fully saturated rings. The first-order valence-electron chi connectivity index (χ1n) is 6.11. The molecule has 0 aliphatic carbocycles. The molecule has 0 bridgehead atoms. The Bertz CT molecular complexity index is 408. The fraction of sp³-hybridized carbons (Fsp3) is 0.667. The van der Waals surface area contributed by atoms with E-state index in [1.807, 2.05) is 22.7 Å². The first-order valence-corrected chi connectivity index (χ1v) is 7.16. The number of amides is 1. The second kappa shape index (κ2) is 6.24. The molecular formula is C12H19N3O2S. The summed E-state index contributed by atoms with van der Waals surface area (Å²) in [6, 6.07) is 0. The predicted octanol–water partition coefficient (Wildman–Crippen LogP) is 1.42. The molecule has 1 saturated heterocycles. The molecule has 1 aliphatic rings. The molecule has 0 N–H and O–H groups in total. The van der Waals surface area contributed by atoms with Crippen molar-refractivity contribution in [2.45, 2.75) is 18.2 Å². The van der Waals surface area contributed by atoms with E-state index in [-0.39, 0.29) is 11.3 Å². The zero-order chi connectivity index (χ0) is 13.0. The predicted molar refractivity (Wildman–Crippen MR) is 71.2 cm³/mol. The van der Waals surface area contributed by atoms with Crippen LogP contribution in [0.15, 0.2) is 12.4 Å². The Morgan fingerprint density at radius 3 is 3.11 bits per heavy atom. The smallest absolute Gasteiger partial charge is 0.224 e. The summed E-state index contributed by atoms with van der Waals surface area (Å²) < 4.78 is 7.04. The van der Waals surface area contributed by atoms with E-state index in [0.717, 1.165) is 24.5 Å². The minimum Gasteiger partial charge on any atom is -0.385 e. The van der Waals surface area contributed by atoms with Crippen molar-refractivity contribution in [3.05, 3.63) is 18.2 Å². The first-order chi connectivity index (χ1) is 8.74. The first kappa shape index (κ1) is 13.4. The highest BCUT2D eigenvalue weighted by molar-refractivity contribution is 7.99. The van der Waals surface area contributed by atoms with Crippen molar-refractivity contribution < 1.29 is 9.53 Å². The van der Waals surface area contributed by atoms with E-state index in [1.54, 1.807) is 25.1 Å². The summed E-state index contributed by atoms with van der Waals surface area (Å²) >= 11 is 1.79. The van der Waals surface area contributed by atoms with Gasteiger partial charge in [0, 0.05) is 51.9 Å². The Hall–Kier alpha value is -1.01. The van der Waals surface area contributed by atoms with Gasteiger partial charge in [0.25, 0.3) is 0 Å². The third-order valence-corrected chi connectivity index (χ3v) is 4.24. The number of nitrogens with zero attached hydrogens (tertiary/aromatic N) is 3. The van der Waals surface area contributed by atoms with Gasteiger partial charge in [0.05, 0.1) is 0 Å². The molecule has 2 rings (SSSR count). The Morgan fingerprint density at radius 1 is 1.61 bits per heavy atom. The van der Waals surface area contributed by atoms with Crippen molar-refractivity contribution in [2.24, 2.45) is 7.05 Å². The normalized spacial score (nSPS) is 20.4. The number of carbonyl (C=O) groups is 1. The summed E-state index contributed by atoms with van der Waals surface area (Å²) in [7, 11) is 3.65. The topological polar surface area (TPSA) is 47.4 Å². The standard InChI is InChI=1S/C12H19N3O2S/c1-14-7-5-13-11(14)12-15(6-3-8-17-2)10(16)4-9-18-12/h5,7,12H,3-4,6,8-9H2,1-2H3. The van der Waals surface area contributed by atoms with E-state index in [2.05, 4.69) is 4.98 Å². The molecule has 0 aromatic carbocycles. The van der Waals surface area contributed by atoms with Gasteiger partial charge < -0.3 is 14.2 Å². The van der Waals surface area contributed by atoms with Crippen LogP contribution in [0.1, 0.15) is 24.0 Å². The van der Waals surface area contributed by atoms with Crippen LogP contribution in [0.3, 0.4) is 0 Å². The molecule has 100 valence electrons. The van der Waals surface area contributed by atoms with Crippen molar-refractivity contribution >= 4 is 17.7 Å². The largest absolute Gasteiger partial charge is 0.385 e. The van der Waals surface area contributed by atoms with Gasteiger partial charge >= 0.3 is 0 Å². The number of hydrogen-bond acceptors (Lipinski definition) is 4. The average Bonchev–Trinajstić information content (AvgIpc) is 2.78. The van der Waals surface area contributed by atoms with Crippen molar-refractivity contribution in [3.63, 3.8) is 0 Å². The van der Waals surface area contributed by atoms with Crippen LogP contribution >= 0.6 is 11.8 Å². The van der Waals surface area contributed by atoms with Gasteiger partial charge in [-0.05, 0) is 6.42 Å². The highest BCUT2D eigenvalue weighted by Gasteiger charge is 2.31. The number of aryl methyl sites for hydroxylation is 1. The number of methoxy groups -OCH3 is 1.